The highest BCUT2D eigenvalue weighted by Gasteiger charge is 2.28. The number of aryl methyl sites for hydroxylation is 1. The van der Waals surface area contributed by atoms with Crippen LogP contribution in [0.5, 0.6) is 0 Å². The molecule has 0 saturated heterocycles. The van der Waals surface area contributed by atoms with Gasteiger partial charge in [0, 0.05) is 29.1 Å². The molecule has 3 rings (SSSR count). The lowest BCUT2D eigenvalue weighted by atomic mass is 9.97. The van der Waals surface area contributed by atoms with Crippen LogP contribution >= 0.6 is 11.6 Å². The van der Waals surface area contributed by atoms with E-state index in [1.165, 1.54) is 0 Å². The maximum atomic E-state index is 12.6. The summed E-state index contributed by atoms with van der Waals surface area (Å²) in [4.78, 5) is 26.3. The highest BCUT2D eigenvalue weighted by Crippen LogP contribution is 2.33. The zero-order chi connectivity index (χ0) is 15.0. The molecule has 1 aliphatic rings. The number of amides is 1. The van der Waals surface area contributed by atoms with Crippen LogP contribution in [-0.4, -0.2) is 18.2 Å². The fourth-order valence-electron chi connectivity index (χ4n) is 2.53. The van der Waals surface area contributed by atoms with Crippen LogP contribution < -0.4 is 4.90 Å². The molecule has 0 saturated carbocycles. The Morgan fingerprint density at radius 3 is 2.62 bits per heavy atom. The predicted molar refractivity (Wildman–Crippen MR) is 83.3 cm³/mol. The van der Waals surface area contributed by atoms with Crippen LogP contribution in [0.2, 0.25) is 5.02 Å². The van der Waals surface area contributed by atoms with Gasteiger partial charge < -0.3 is 4.90 Å². The van der Waals surface area contributed by atoms with E-state index < -0.39 is 0 Å². The molecule has 106 valence electrons. The molecule has 0 N–H and O–H groups in total. The fourth-order valence-corrected chi connectivity index (χ4v) is 2.69. The van der Waals surface area contributed by atoms with E-state index in [4.69, 9.17) is 11.6 Å². The number of fused-ring (bicyclic) bond motifs is 1. The largest absolute Gasteiger partial charge is 0.307 e. The van der Waals surface area contributed by atoms with Crippen molar-refractivity contribution in [2.24, 2.45) is 0 Å². The zero-order valence-corrected chi connectivity index (χ0v) is 12.4. The van der Waals surface area contributed by atoms with Crippen molar-refractivity contribution < 1.29 is 9.59 Å². The van der Waals surface area contributed by atoms with Gasteiger partial charge in [-0.1, -0.05) is 29.8 Å². The summed E-state index contributed by atoms with van der Waals surface area (Å²) in [6, 6.07) is 12.5. The zero-order valence-electron chi connectivity index (χ0n) is 11.6. The van der Waals surface area contributed by atoms with E-state index in [0.29, 0.717) is 34.8 Å². The lowest BCUT2D eigenvalue weighted by Gasteiger charge is -2.29. The van der Waals surface area contributed by atoms with Crippen LogP contribution in [0.15, 0.2) is 42.5 Å². The normalized spacial score (nSPS) is 14.0. The molecule has 1 heterocycles. The fraction of sp³-hybridized carbons (Fsp3) is 0.176. The van der Waals surface area contributed by atoms with Crippen LogP contribution in [-0.2, 0) is 0 Å². The quantitative estimate of drug-likeness (QED) is 0.801. The van der Waals surface area contributed by atoms with Gasteiger partial charge in [0.25, 0.3) is 5.91 Å². The van der Waals surface area contributed by atoms with Crippen molar-refractivity contribution in [2.45, 2.75) is 13.3 Å². The van der Waals surface area contributed by atoms with Crippen molar-refractivity contribution in [1.29, 1.82) is 0 Å². The molecule has 3 nitrogen and oxygen atoms in total. The summed E-state index contributed by atoms with van der Waals surface area (Å²) >= 11 is 6.16. The van der Waals surface area contributed by atoms with Crippen molar-refractivity contribution in [3.63, 3.8) is 0 Å². The van der Waals surface area contributed by atoms with Gasteiger partial charge in [0.2, 0.25) is 0 Å². The Hall–Kier alpha value is -2.13. The Bertz CT molecular complexity index is 725. The molecule has 0 fully saturated rings. The van der Waals surface area contributed by atoms with E-state index in [1.54, 1.807) is 29.2 Å². The van der Waals surface area contributed by atoms with Crippen molar-refractivity contribution in [1.82, 2.24) is 0 Å². The van der Waals surface area contributed by atoms with Crippen molar-refractivity contribution in [3.05, 3.63) is 64.2 Å². The van der Waals surface area contributed by atoms with E-state index in [0.717, 1.165) is 5.56 Å². The summed E-state index contributed by atoms with van der Waals surface area (Å²) in [5.41, 5.74) is 2.63. The van der Waals surface area contributed by atoms with Gasteiger partial charge in [-0.15, -0.1) is 0 Å². The first-order valence-corrected chi connectivity index (χ1v) is 7.16. The van der Waals surface area contributed by atoms with E-state index in [9.17, 15) is 9.59 Å². The molecule has 0 atom stereocenters. The maximum absolute atomic E-state index is 12.6. The summed E-state index contributed by atoms with van der Waals surface area (Å²) in [5, 5.41) is 0.564. The third kappa shape index (κ3) is 2.45. The van der Waals surface area contributed by atoms with Crippen LogP contribution in [0.25, 0.3) is 0 Å². The van der Waals surface area contributed by atoms with Crippen molar-refractivity contribution >= 4 is 29.0 Å². The molecule has 1 aliphatic heterocycles. The molecule has 0 bridgehead atoms. The Morgan fingerprint density at radius 1 is 1.19 bits per heavy atom. The van der Waals surface area contributed by atoms with Gasteiger partial charge >= 0.3 is 0 Å². The van der Waals surface area contributed by atoms with E-state index in [2.05, 4.69) is 0 Å². The van der Waals surface area contributed by atoms with Crippen LogP contribution in [0.3, 0.4) is 0 Å². The first-order chi connectivity index (χ1) is 10.1. The van der Waals surface area contributed by atoms with Crippen molar-refractivity contribution in [2.75, 3.05) is 11.4 Å². The van der Waals surface area contributed by atoms with E-state index in [-0.39, 0.29) is 11.7 Å². The smallest absolute Gasteiger partial charge is 0.258 e. The molecule has 0 spiro atoms. The monoisotopic (exact) mass is 299 g/mol. The minimum Gasteiger partial charge on any atom is -0.307 e. The lowest BCUT2D eigenvalue weighted by molar-refractivity contribution is 0.0955. The number of carbonyl (C=O) groups excluding carboxylic acids is 2. The number of halogens is 1. The Kier molecular flexibility index (Phi) is 3.52. The molecule has 4 heteroatoms. The Balaban J connectivity index is 2.07. The second-order valence-electron chi connectivity index (χ2n) is 5.11. The van der Waals surface area contributed by atoms with E-state index >= 15 is 0 Å². The standard InChI is InChI=1S/C17H14ClNO2/c1-11-9-13-15(10-14(11)18)19(8-7-16(13)20)17(21)12-5-3-2-4-6-12/h2-6,9-10H,7-8H2,1H3. The molecule has 0 aliphatic carbocycles. The van der Waals surface area contributed by atoms with Gasteiger partial charge in [0.05, 0.1) is 5.69 Å². The van der Waals surface area contributed by atoms with Gasteiger partial charge in [-0.25, -0.2) is 0 Å². The molecule has 0 aromatic heterocycles. The molecular formula is C17H14ClNO2. The number of nitrogens with zero attached hydrogens (tertiary/aromatic N) is 1. The number of anilines is 1. The number of hydrogen-bond donors (Lipinski definition) is 0. The van der Waals surface area contributed by atoms with Crippen LogP contribution in [0, 0.1) is 6.92 Å². The third-order valence-electron chi connectivity index (χ3n) is 3.70. The maximum Gasteiger partial charge on any atom is 0.258 e. The first-order valence-electron chi connectivity index (χ1n) is 6.78. The number of hydrogen-bond acceptors (Lipinski definition) is 2. The summed E-state index contributed by atoms with van der Waals surface area (Å²) in [6.07, 6.45) is 0.340. The molecule has 2 aromatic carbocycles. The Morgan fingerprint density at radius 2 is 1.90 bits per heavy atom. The van der Waals surface area contributed by atoms with Crippen LogP contribution in [0.1, 0.15) is 32.7 Å². The number of ketones is 1. The summed E-state index contributed by atoms with van der Waals surface area (Å²) < 4.78 is 0. The van der Waals surface area contributed by atoms with Crippen LogP contribution in [0.4, 0.5) is 5.69 Å². The first kappa shape index (κ1) is 13.8. The molecular weight excluding hydrogens is 286 g/mol. The second-order valence-corrected chi connectivity index (χ2v) is 5.52. The van der Waals surface area contributed by atoms with E-state index in [1.807, 2.05) is 25.1 Å². The topological polar surface area (TPSA) is 37.4 Å². The highest BCUT2D eigenvalue weighted by atomic mass is 35.5. The van der Waals surface area contributed by atoms with Gasteiger partial charge in [0.15, 0.2) is 5.78 Å². The van der Waals surface area contributed by atoms with Crippen molar-refractivity contribution in [3.8, 4) is 0 Å². The SMILES string of the molecule is Cc1cc2c(cc1Cl)N(C(=O)c1ccccc1)CCC2=O. The molecule has 0 radical (unpaired) electrons. The molecule has 2 aromatic rings. The predicted octanol–water partition coefficient (Wildman–Crippen LogP) is 3.88. The summed E-state index contributed by atoms with van der Waals surface area (Å²) in [6.45, 7) is 2.24. The van der Waals surface area contributed by atoms with Gasteiger partial charge in [-0.2, -0.15) is 0 Å². The number of benzene rings is 2. The minimum absolute atomic E-state index is 0.0573. The average molecular weight is 300 g/mol. The van der Waals surface area contributed by atoms with Gasteiger partial charge in [-0.05, 0) is 36.8 Å². The van der Waals surface area contributed by atoms with Gasteiger partial charge in [0.1, 0.15) is 0 Å². The third-order valence-corrected chi connectivity index (χ3v) is 4.10. The second kappa shape index (κ2) is 5.34. The lowest BCUT2D eigenvalue weighted by Crippen LogP contribution is -2.37. The molecule has 0 unspecified atom stereocenters. The molecule has 21 heavy (non-hydrogen) atoms. The minimum atomic E-state index is -0.107. The summed E-state index contributed by atoms with van der Waals surface area (Å²) in [7, 11) is 0. The average Bonchev–Trinajstić information content (AvgIpc) is 2.50. The summed E-state index contributed by atoms with van der Waals surface area (Å²) in [5.74, 6) is -0.0499. The number of Topliss-reactive ketones (excluding diaryl/α,β-unsaturated/α-hetero) is 1. The van der Waals surface area contributed by atoms with Gasteiger partial charge in [-0.3, -0.25) is 9.59 Å². The Labute approximate surface area is 128 Å². The number of carbonyl (C=O) groups is 2. The molecule has 1 amide bonds. The highest BCUT2D eigenvalue weighted by molar-refractivity contribution is 6.32. The number of rotatable bonds is 1.